The summed E-state index contributed by atoms with van der Waals surface area (Å²) in [5.41, 5.74) is 3.29. The summed E-state index contributed by atoms with van der Waals surface area (Å²) in [5, 5.41) is 8.03. The van der Waals surface area contributed by atoms with Crippen LogP contribution in [0.3, 0.4) is 0 Å². The summed E-state index contributed by atoms with van der Waals surface area (Å²) < 4.78 is 5.56. The third kappa shape index (κ3) is 2.50. The van der Waals surface area contributed by atoms with Gasteiger partial charge in [-0.2, -0.15) is 10.2 Å². The fourth-order valence-electron chi connectivity index (χ4n) is 1.97. The molecule has 0 aliphatic rings. The van der Waals surface area contributed by atoms with Crippen LogP contribution in [0.25, 0.3) is 0 Å². The first-order valence-corrected chi connectivity index (χ1v) is 5.75. The second-order valence-electron chi connectivity index (χ2n) is 3.82. The quantitative estimate of drug-likeness (QED) is 0.807. The van der Waals surface area contributed by atoms with E-state index < -0.39 is 0 Å². The molecule has 1 aromatic carbocycles. The van der Waals surface area contributed by atoms with Gasteiger partial charge >= 0.3 is 0 Å². The average Bonchev–Trinajstić information content (AvgIpc) is 2.41. The molecule has 2 aromatic rings. The van der Waals surface area contributed by atoms with Gasteiger partial charge in [0.15, 0.2) is 0 Å². The van der Waals surface area contributed by atoms with Gasteiger partial charge in [0, 0.05) is 13.3 Å². The van der Waals surface area contributed by atoms with E-state index in [1.54, 1.807) is 13.3 Å². The second-order valence-corrected chi connectivity index (χ2v) is 3.82. The summed E-state index contributed by atoms with van der Waals surface area (Å²) in [5.74, 6) is 0. The molecule has 88 valence electrons. The van der Waals surface area contributed by atoms with Crippen molar-refractivity contribution in [2.24, 2.45) is 0 Å². The first-order chi connectivity index (χ1) is 8.36. The van der Waals surface area contributed by atoms with Crippen LogP contribution >= 0.6 is 0 Å². The van der Waals surface area contributed by atoms with Crippen LogP contribution in [-0.2, 0) is 11.2 Å². The second kappa shape index (κ2) is 5.55. The zero-order valence-electron chi connectivity index (χ0n) is 10.1. The van der Waals surface area contributed by atoms with Gasteiger partial charge < -0.3 is 4.74 Å². The number of hydrogen-bond donors (Lipinski definition) is 0. The molecule has 1 atom stereocenters. The number of aryl methyl sites for hydroxylation is 1. The van der Waals surface area contributed by atoms with Crippen molar-refractivity contribution in [3.05, 3.63) is 59.4 Å². The van der Waals surface area contributed by atoms with E-state index in [1.807, 2.05) is 24.3 Å². The van der Waals surface area contributed by atoms with E-state index in [4.69, 9.17) is 4.74 Å². The highest BCUT2D eigenvalue weighted by atomic mass is 16.5. The Bertz CT molecular complexity index is 471. The molecule has 17 heavy (non-hydrogen) atoms. The van der Waals surface area contributed by atoms with Crippen LogP contribution in [0.5, 0.6) is 0 Å². The van der Waals surface area contributed by atoms with E-state index >= 15 is 0 Å². The normalized spacial score (nSPS) is 12.4. The van der Waals surface area contributed by atoms with Crippen molar-refractivity contribution in [1.29, 1.82) is 0 Å². The van der Waals surface area contributed by atoms with Crippen LogP contribution in [0, 0.1) is 0 Å². The van der Waals surface area contributed by atoms with Gasteiger partial charge in [0.2, 0.25) is 0 Å². The molecule has 0 fully saturated rings. The average molecular weight is 228 g/mol. The van der Waals surface area contributed by atoms with Crippen LogP contribution < -0.4 is 0 Å². The van der Waals surface area contributed by atoms with Crippen molar-refractivity contribution < 1.29 is 4.74 Å². The minimum absolute atomic E-state index is 0.139. The molecule has 1 unspecified atom stereocenters. The summed E-state index contributed by atoms with van der Waals surface area (Å²) >= 11 is 0. The molecule has 1 heterocycles. The molecule has 0 aliphatic carbocycles. The van der Waals surface area contributed by atoms with Gasteiger partial charge in [0.05, 0.1) is 5.69 Å². The van der Waals surface area contributed by atoms with E-state index in [0.717, 1.165) is 17.7 Å². The van der Waals surface area contributed by atoms with Crippen molar-refractivity contribution in [2.45, 2.75) is 19.4 Å². The lowest BCUT2D eigenvalue weighted by molar-refractivity contribution is 0.131. The van der Waals surface area contributed by atoms with E-state index in [-0.39, 0.29) is 6.10 Å². The molecule has 0 aliphatic heterocycles. The maximum Gasteiger partial charge on any atom is 0.126 e. The van der Waals surface area contributed by atoms with Gasteiger partial charge in [-0.1, -0.05) is 31.2 Å². The number of rotatable bonds is 4. The Balaban J connectivity index is 2.42. The van der Waals surface area contributed by atoms with Gasteiger partial charge in [-0.25, -0.2) is 0 Å². The number of hydrogen-bond acceptors (Lipinski definition) is 3. The van der Waals surface area contributed by atoms with Crippen molar-refractivity contribution in [2.75, 3.05) is 7.11 Å². The highest BCUT2D eigenvalue weighted by molar-refractivity contribution is 5.33. The SMILES string of the molecule is CCc1ccccc1C(OC)c1cccnn1. The van der Waals surface area contributed by atoms with Crippen LogP contribution in [-0.4, -0.2) is 17.3 Å². The molecule has 1 aromatic heterocycles. The van der Waals surface area contributed by atoms with Gasteiger partial charge in [0.25, 0.3) is 0 Å². The monoisotopic (exact) mass is 228 g/mol. The highest BCUT2D eigenvalue weighted by Crippen LogP contribution is 2.26. The lowest BCUT2D eigenvalue weighted by Crippen LogP contribution is -2.08. The summed E-state index contributed by atoms with van der Waals surface area (Å²) in [6.07, 6.45) is 2.51. The van der Waals surface area contributed by atoms with Gasteiger partial charge in [-0.05, 0) is 29.7 Å². The standard InChI is InChI=1S/C14H16N2O/c1-3-11-7-4-5-8-12(11)14(17-2)13-9-6-10-15-16-13/h4-10,14H,3H2,1-2H3. The zero-order chi connectivity index (χ0) is 12.1. The molecule has 3 nitrogen and oxygen atoms in total. The maximum atomic E-state index is 5.56. The predicted octanol–water partition coefficient (Wildman–Crippen LogP) is 2.77. The topological polar surface area (TPSA) is 35.0 Å². The molecule has 0 saturated carbocycles. The number of aromatic nitrogens is 2. The fourth-order valence-corrected chi connectivity index (χ4v) is 1.97. The third-order valence-corrected chi connectivity index (χ3v) is 2.82. The summed E-state index contributed by atoms with van der Waals surface area (Å²) in [6, 6.07) is 12.1. The number of nitrogens with zero attached hydrogens (tertiary/aromatic N) is 2. The molecular weight excluding hydrogens is 212 g/mol. The molecule has 0 bridgehead atoms. The Hall–Kier alpha value is -1.74. The van der Waals surface area contributed by atoms with E-state index in [9.17, 15) is 0 Å². The summed E-state index contributed by atoms with van der Waals surface area (Å²) in [7, 11) is 1.70. The Morgan fingerprint density at radius 3 is 2.65 bits per heavy atom. The Morgan fingerprint density at radius 1 is 1.18 bits per heavy atom. The van der Waals surface area contributed by atoms with Gasteiger partial charge in [0.1, 0.15) is 6.10 Å². The Labute approximate surface area is 101 Å². The number of ether oxygens (including phenoxy) is 1. The van der Waals surface area contributed by atoms with Crippen LogP contribution in [0.1, 0.15) is 29.8 Å². The van der Waals surface area contributed by atoms with Gasteiger partial charge in [-0.3, -0.25) is 0 Å². The smallest absolute Gasteiger partial charge is 0.126 e. The number of methoxy groups -OCH3 is 1. The lowest BCUT2D eigenvalue weighted by atomic mass is 9.98. The molecule has 0 radical (unpaired) electrons. The van der Waals surface area contributed by atoms with E-state index in [1.165, 1.54) is 5.56 Å². The van der Waals surface area contributed by atoms with Crippen molar-refractivity contribution >= 4 is 0 Å². The van der Waals surface area contributed by atoms with Crippen molar-refractivity contribution in [3.63, 3.8) is 0 Å². The minimum Gasteiger partial charge on any atom is -0.370 e. The largest absolute Gasteiger partial charge is 0.370 e. The zero-order valence-corrected chi connectivity index (χ0v) is 10.1. The molecular formula is C14H16N2O. The molecule has 0 saturated heterocycles. The fraction of sp³-hybridized carbons (Fsp3) is 0.286. The third-order valence-electron chi connectivity index (χ3n) is 2.82. The van der Waals surface area contributed by atoms with Crippen LogP contribution in [0.2, 0.25) is 0 Å². The maximum absolute atomic E-state index is 5.56. The van der Waals surface area contributed by atoms with Crippen molar-refractivity contribution in [3.8, 4) is 0 Å². The summed E-state index contributed by atoms with van der Waals surface area (Å²) in [6.45, 7) is 2.14. The minimum atomic E-state index is -0.139. The van der Waals surface area contributed by atoms with Crippen LogP contribution in [0.15, 0.2) is 42.6 Å². The predicted molar refractivity (Wildman–Crippen MR) is 66.7 cm³/mol. The Morgan fingerprint density at radius 2 is 2.00 bits per heavy atom. The highest BCUT2D eigenvalue weighted by Gasteiger charge is 2.17. The first-order valence-electron chi connectivity index (χ1n) is 5.75. The first kappa shape index (κ1) is 11.7. The van der Waals surface area contributed by atoms with Gasteiger partial charge in [-0.15, -0.1) is 0 Å². The summed E-state index contributed by atoms with van der Waals surface area (Å²) in [4.78, 5) is 0. The molecule has 2 rings (SSSR count). The van der Waals surface area contributed by atoms with E-state index in [0.29, 0.717) is 0 Å². The van der Waals surface area contributed by atoms with E-state index in [2.05, 4.69) is 29.3 Å². The van der Waals surface area contributed by atoms with Crippen molar-refractivity contribution in [1.82, 2.24) is 10.2 Å². The molecule has 0 N–H and O–H groups in total. The lowest BCUT2D eigenvalue weighted by Gasteiger charge is -2.17. The molecule has 0 amide bonds. The molecule has 0 spiro atoms. The molecule has 3 heteroatoms. The van der Waals surface area contributed by atoms with Crippen LogP contribution in [0.4, 0.5) is 0 Å². The Kier molecular flexibility index (Phi) is 3.83. The number of benzene rings is 1.